The second-order valence-electron chi connectivity index (χ2n) is 4.66. The van der Waals surface area contributed by atoms with Gasteiger partial charge >= 0.3 is 6.61 Å². The molecule has 0 saturated heterocycles. The van der Waals surface area contributed by atoms with Gasteiger partial charge in [0.15, 0.2) is 0 Å². The number of ether oxygens (including phenoxy) is 1. The number of H-pyrrole nitrogens is 1. The van der Waals surface area contributed by atoms with Crippen LogP contribution >= 0.6 is 0 Å². The Morgan fingerprint density at radius 2 is 1.86 bits per heavy atom. The maximum Gasteiger partial charge on any atom is 0.387 e. The molecular formula is C16H14F2N2O. The summed E-state index contributed by atoms with van der Waals surface area (Å²) in [6.45, 7) is -2.17. The predicted molar refractivity (Wildman–Crippen MR) is 78.7 cm³/mol. The van der Waals surface area contributed by atoms with Gasteiger partial charge in [-0.05, 0) is 42.0 Å². The van der Waals surface area contributed by atoms with E-state index in [4.69, 9.17) is 0 Å². The lowest BCUT2D eigenvalue weighted by Gasteiger charge is -2.08. The number of nitrogens with one attached hydrogen (secondary N) is 2. The molecule has 0 aliphatic carbocycles. The first-order valence-corrected chi connectivity index (χ1v) is 6.55. The molecule has 0 bridgehead atoms. The van der Waals surface area contributed by atoms with Gasteiger partial charge in [0, 0.05) is 29.3 Å². The molecule has 5 heteroatoms. The van der Waals surface area contributed by atoms with Gasteiger partial charge in [0.2, 0.25) is 0 Å². The zero-order chi connectivity index (χ0) is 14.7. The molecule has 0 fully saturated rings. The lowest BCUT2D eigenvalue weighted by molar-refractivity contribution is -0.0498. The molecule has 0 amide bonds. The average molecular weight is 288 g/mol. The van der Waals surface area contributed by atoms with Gasteiger partial charge in [0.1, 0.15) is 5.75 Å². The molecule has 3 aromatic rings. The molecule has 2 aromatic carbocycles. The molecule has 0 atom stereocenters. The van der Waals surface area contributed by atoms with Gasteiger partial charge in [0.25, 0.3) is 0 Å². The highest BCUT2D eigenvalue weighted by Crippen LogP contribution is 2.19. The van der Waals surface area contributed by atoms with Crippen molar-refractivity contribution in [1.82, 2.24) is 4.98 Å². The van der Waals surface area contributed by atoms with Crippen LogP contribution in [-0.2, 0) is 6.54 Å². The largest absolute Gasteiger partial charge is 0.435 e. The number of halogens is 2. The minimum atomic E-state index is -2.79. The first kappa shape index (κ1) is 13.4. The van der Waals surface area contributed by atoms with Crippen molar-refractivity contribution in [3.05, 3.63) is 60.3 Å². The molecule has 0 unspecified atom stereocenters. The number of fused-ring (bicyclic) bond motifs is 1. The van der Waals surface area contributed by atoms with Crippen molar-refractivity contribution in [2.45, 2.75) is 13.2 Å². The molecule has 0 aliphatic rings. The van der Waals surface area contributed by atoms with Gasteiger partial charge < -0.3 is 15.0 Å². The number of anilines is 1. The maximum atomic E-state index is 12.1. The minimum Gasteiger partial charge on any atom is -0.435 e. The van der Waals surface area contributed by atoms with Crippen molar-refractivity contribution in [2.24, 2.45) is 0 Å². The van der Waals surface area contributed by atoms with E-state index in [9.17, 15) is 8.78 Å². The van der Waals surface area contributed by atoms with E-state index in [1.54, 1.807) is 24.3 Å². The second-order valence-corrected chi connectivity index (χ2v) is 4.66. The van der Waals surface area contributed by atoms with E-state index in [2.05, 4.69) is 21.1 Å². The normalized spacial score (nSPS) is 11.0. The van der Waals surface area contributed by atoms with Crippen LogP contribution in [0.25, 0.3) is 10.9 Å². The summed E-state index contributed by atoms with van der Waals surface area (Å²) in [6.07, 6.45) is 1.90. The number of hydrogen-bond acceptors (Lipinski definition) is 2. The first-order valence-electron chi connectivity index (χ1n) is 6.55. The molecule has 0 spiro atoms. The number of alkyl halides is 2. The molecule has 21 heavy (non-hydrogen) atoms. The van der Waals surface area contributed by atoms with Gasteiger partial charge in [0.05, 0.1) is 0 Å². The van der Waals surface area contributed by atoms with Crippen LogP contribution in [0.15, 0.2) is 54.7 Å². The Morgan fingerprint density at radius 1 is 1.05 bits per heavy atom. The number of benzene rings is 2. The molecule has 3 nitrogen and oxygen atoms in total. The van der Waals surface area contributed by atoms with Gasteiger partial charge in [-0.3, -0.25) is 0 Å². The van der Waals surface area contributed by atoms with Crippen molar-refractivity contribution in [2.75, 3.05) is 5.32 Å². The third-order valence-electron chi connectivity index (χ3n) is 3.20. The van der Waals surface area contributed by atoms with Crippen molar-refractivity contribution in [3.8, 4) is 5.75 Å². The van der Waals surface area contributed by atoms with Crippen molar-refractivity contribution < 1.29 is 13.5 Å². The Bertz CT molecular complexity index is 722. The zero-order valence-electron chi connectivity index (χ0n) is 11.1. The minimum absolute atomic E-state index is 0.169. The van der Waals surface area contributed by atoms with E-state index in [-0.39, 0.29) is 5.75 Å². The summed E-state index contributed by atoms with van der Waals surface area (Å²) in [5.41, 5.74) is 3.09. The Labute approximate surface area is 120 Å². The topological polar surface area (TPSA) is 37.0 Å². The van der Waals surface area contributed by atoms with Crippen LogP contribution in [0.1, 0.15) is 5.56 Å². The lowest BCUT2D eigenvalue weighted by atomic mass is 10.2. The van der Waals surface area contributed by atoms with Crippen LogP contribution in [-0.4, -0.2) is 11.6 Å². The Morgan fingerprint density at radius 3 is 2.62 bits per heavy atom. The smallest absolute Gasteiger partial charge is 0.387 e. The summed E-state index contributed by atoms with van der Waals surface area (Å²) in [5, 5.41) is 4.44. The number of aromatic nitrogens is 1. The molecule has 2 N–H and O–H groups in total. The number of rotatable bonds is 5. The SMILES string of the molecule is FC(F)Oc1ccc(CNc2ccc3[nH]ccc3c2)cc1. The third-order valence-corrected chi connectivity index (χ3v) is 3.20. The van der Waals surface area contributed by atoms with Crippen molar-refractivity contribution in [3.63, 3.8) is 0 Å². The molecule has 0 aliphatic heterocycles. The van der Waals surface area contributed by atoms with Crippen LogP contribution in [0.4, 0.5) is 14.5 Å². The van der Waals surface area contributed by atoms with E-state index < -0.39 is 6.61 Å². The van der Waals surface area contributed by atoms with Crippen LogP contribution < -0.4 is 10.1 Å². The fourth-order valence-electron chi connectivity index (χ4n) is 2.16. The van der Waals surface area contributed by atoms with Gasteiger partial charge in [-0.25, -0.2) is 0 Å². The Hall–Kier alpha value is -2.56. The fourth-order valence-corrected chi connectivity index (χ4v) is 2.16. The summed E-state index contributed by atoms with van der Waals surface area (Å²) < 4.78 is 28.4. The standard InChI is InChI=1S/C16H14F2N2O/c17-16(18)21-14-4-1-11(2-5-14)10-20-13-3-6-15-12(9-13)7-8-19-15/h1-9,16,19-20H,10H2. The average Bonchev–Trinajstić information content (AvgIpc) is 2.93. The van der Waals surface area contributed by atoms with Gasteiger partial charge in [-0.2, -0.15) is 8.78 Å². The number of aromatic amines is 1. The molecule has 1 heterocycles. The predicted octanol–water partition coefficient (Wildman–Crippen LogP) is 4.38. The van der Waals surface area contributed by atoms with Crippen LogP contribution in [0.3, 0.4) is 0 Å². The highest BCUT2D eigenvalue weighted by Gasteiger charge is 2.03. The zero-order valence-corrected chi connectivity index (χ0v) is 11.1. The summed E-state index contributed by atoms with van der Waals surface area (Å²) in [5.74, 6) is 0.169. The van der Waals surface area contributed by atoms with Crippen LogP contribution in [0.2, 0.25) is 0 Å². The highest BCUT2D eigenvalue weighted by atomic mass is 19.3. The third kappa shape index (κ3) is 3.31. The molecule has 3 rings (SSSR count). The van der Waals surface area contributed by atoms with Crippen LogP contribution in [0.5, 0.6) is 5.75 Å². The van der Waals surface area contributed by atoms with Gasteiger partial charge in [-0.15, -0.1) is 0 Å². The lowest BCUT2D eigenvalue weighted by Crippen LogP contribution is -2.02. The Kier molecular flexibility index (Phi) is 3.73. The van der Waals surface area contributed by atoms with E-state index in [0.717, 1.165) is 22.2 Å². The first-order chi connectivity index (χ1) is 10.2. The second kappa shape index (κ2) is 5.83. The summed E-state index contributed by atoms with van der Waals surface area (Å²) >= 11 is 0. The summed E-state index contributed by atoms with van der Waals surface area (Å²) in [6, 6.07) is 14.7. The van der Waals surface area contributed by atoms with E-state index in [1.165, 1.54) is 0 Å². The van der Waals surface area contributed by atoms with E-state index in [0.29, 0.717) is 6.54 Å². The number of hydrogen-bond donors (Lipinski definition) is 2. The molecule has 0 radical (unpaired) electrons. The Balaban J connectivity index is 1.63. The summed E-state index contributed by atoms with van der Waals surface area (Å²) in [7, 11) is 0. The molecular weight excluding hydrogens is 274 g/mol. The molecule has 0 saturated carbocycles. The van der Waals surface area contributed by atoms with E-state index >= 15 is 0 Å². The monoisotopic (exact) mass is 288 g/mol. The highest BCUT2D eigenvalue weighted by molar-refractivity contribution is 5.82. The fraction of sp³-hybridized carbons (Fsp3) is 0.125. The maximum absolute atomic E-state index is 12.1. The quantitative estimate of drug-likeness (QED) is 0.731. The van der Waals surface area contributed by atoms with Crippen molar-refractivity contribution >= 4 is 16.6 Å². The van der Waals surface area contributed by atoms with Gasteiger partial charge in [-0.1, -0.05) is 12.1 Å². The molecule has 108 valence electrons. The molecule has 1 aromatic heterocycles. The van der Waals surface area contributed by atoms with Crippen LogP contribution in [0, 0.1) is 0 Å². The van der Waals surface area contributed by atoms with E-state index in [1.807, 2.05) is 24.4 Å². The van der Waals surface area contributed by atoms with Crippen molar-refractivity contribution in [1.29, 1.82) is 0 Å². The summed E-state index contributed by atoms with van der Waals surface area (Å²) in [4.78, 5) is 3.14.